The largest absolute Gasteiger partial charge is 0.362 e. The highest BCUT2D eigenvalue weighted by molar-refractivity contribution is 7.14. The van der Waals surface area contributed by atoms with E-state index in [-0.39, 0.29) is 0 Å². The average molecular weight is 246 g/mol. The molecule has 0 aliphatic rings. The van der Waals surface area contributed by atoms with Crippen LogP contribution in [0.15, 0.2) is 29.6 Å². The van der Waals surface area contributed by atoms with Crippen LogP contribution in [-0.2, 0) is 0 Å². The minimum absolute atomic E-state index is 0.580. The maximum absolute atomic E-state index is 4.55. The molecule has 1 aromatic carbocycles. The number of anilines is 1. The Morgan fingerprint density at radius 1 is 1.24 bits per heavy atom. The molecule has 0 aliphatic heterocycles. The Morgan fingerprint density at radius 3 is 2.53 bits per heavy atom. The zero-order valence-electron chi connectivity index (χ0n) is 10.5. The van der Waals surface area contributed by atoms with E-state index in [9.17, 15) is 0 Å². The number of aromatic nitrogens is 1. The number of hydrogen-bond acceptors (Lipinski definition) is 3. The molecule has 0 aliphatic carbocycles. The van der Waals surface area contributed by atoms with Crippen LogP contribution in [0.25, 0.3) is 11.3 Å². The lowest BCUT2D eigenvalue weighted by Gasteiger charge is -2.05. The fourth-order valence-electron chi connectivity index (χ4n) is 1.68. The van der Waals surface area contributed by atoms with Gasteiger partial charge in [-0.3, -0.25) is 0 Å². The van der Waals surface area contributed by atoms with E-state index < -0.39 is 0 Å². The molecule has 0 saturated carbocycles. The third kappa shape index (κ3) is 2.86. The van der Waals surface area contributed by atoms with Crippen molar-refractivity contribution < 1.29 is 0 Å². The maximum Gasteiger partial charge on any atom is 0.183 e. The smallest absolute Gasteiger partial charge is 0.183 e. The van der Waals surface area contributed by atoms with Crippen molar-refractivity contribution in [2.75, 3.05) is 11.9 Å². The van der Waals surface area contributed by atoms with Crippen LogP contribution >= 0.6 is 11.3 Å². The molecule has 90 valence electrons. The third-order valence-corrected chi connectivity index (χ3v) is 3.51. The number of hydrogen-bond donors (Lipinski definition) is 1. The fourth-order valence-corrected chi connectivity index (χ4v) is 2.47. The van der Waals surface area contributed by atoms with Crippen molar-refractivity contribution in [3.8, 4) is 11.3 Å². The van der Waals surface area contributed by atoms with Crippen molar-refractivity contribution in [1.29, 1.82) is 0 Å². The summed E-state index contributed by atoms with van der Waals surface area (Å²) in [7, 11) is 0. The van der Waals surface area contributed by atoms with E-state index >= 15 is 0 Å². The van der Waals surface area contributed by atoms with Crippen LogP contribution in [0.4, 0.5) is 5.13 Å². The van der Waals surface area contributed by atoms with Gasteiger partial charge in [0.2, 0.25) is 0 Å². The highest BCUT2D eigenvalue weighted by Gasteiger charge is 2.04. The molecule has 2 rings (SSSR count). The third-order valence-electron chi connectivity index (χ3n) is 2.71. The van der Waals surface area contributed by atoms with Crippen LogP contribution < -0.4 is 5.32 Å². The van der Waals surface area contributed by atoms with E-state index in [1.807, 2.05) is 0 Å². The second kappa shape index (κ2) is 5.32. The zero-order chi connectivity index (χ0) is 12.3. The fraction of sp³-hybridized carbons (Fsp3) is 0.357. The molecule has 0 atom stereocenters. The number of benzene rings is 1. The number of nitrogens with one attached hydrogen (secondary N) is 1. The van der Waals surface area contributed by atoms with Crippen LogP contribution in [0, 0.1) is 0 Å². The molecule has 0 unspecified atom stereocenters. The van der Waals surface area contributed by atoms with Crippen LogP contribution in [-0.4, -0.2) is 11.5 Å². The van der Waals surface area contributed by atoms with Gasteiger partial charge in [-0.2, -0.15) is 0 Å². The van der Waals surface area contributed by atoms with Crippen LogP contribution in [0.3, 0.4) is 0 Å². The van der Waals surface area contributed by atoms with Gasteiger partial charge in [0.1, 0.15) is 0 Å². The van der Waals surface area contributed by atoms with Gasteiger partial charge in [-0.25, -0.2) is 4.98 Å². The molecule has 1 N–H and O–H groups in total. The van der Waals surface area contributed by atoms with Crippen molar-refractivity contribution in [3.63, 3.8) is 0 Å². The maximum atomic E-state index is 4.55. The second-order valence-corrected chi connectivity index (χ2v) is 5.20. The van der Waals surface area contributed by atoms with Gasteiger partial charge in [0.15, 0.2) is 5.13 Å². The monoisotopic (exact) mass is 246 g/mol. The summed E-state index contributed by atoms with van der Waals surface area (Å²) in [6.07, 6.45) is 0. The average Bonchev–Trinajstić information content (AvgIpc) is 2.78. The highest BCUT2D eigenvalue weighted by atomic mass is 32.1. The molecule has 0 radical (unpaired) electrons. The Labute approximate surface area is 107 Å². The van der Waals surface area contributed by atoms with Crippen LogP contribution in [0.2, 0.25) is 0 Å². The van der Waals surface area contributed by atoms with Crippen molar-refractivity contribution in [1.82, 2.24) is 4.98 Å². The second-order valence-electron chi connectivity index (χ2n) is 4.34. The summed E-state index contributed by atoms with van der Waals surface area (Å²) in [5, 5.41) is 6.33. The molecular weight excluding hydrogens is 228 g/mol. The Morgan fingerprint density at radius 2 is 1.94 bits per heavy atom. The van der Waals surface area contributed by atoms with Crippen LogP contribution in [0.1, 0.15) is 32.3 Å². The molecule has 1 aromatic heterocycles. The minimum atomic E-state index is 0.580. The first-order valence-electron chi connectivity index (χ1n) is 6.00. The molecule has 17 heavy (non-hydrogen) atoms. The SMILES string of the molecule is CCNc1nc(-c2ccc(C(C)C)cc2)cs1. The molecule has 0 amide bonds. The van der Waals surface area contributed by atoms with Gasteiger partial charge in [0, 0.05) is 17.5 Å². The molecule has 3 heteroatoms. The van der Waals surface area contributed by atoms with E-state index in [1.165, 1.54) is 11.1 Å². The van der Waals surface area contributed by atoms with E-state index in [0.717, 1.165) is 17.4 Å². The first-order chi connectivity index (χ1) is 8.20. The Balaban J connectivity index is 2.21. The van der Waals surface area contributed by atoms with Gasteiger partial charge >= 0.3 is 0 Å². The first-order valence-corrected chi connectivity index (χ1v) is 6.88. The number of rotatable bonds is 4. The molecular formula is C14H18N2S. The molecule has 0 saturated heterocycles. The predicted molar refractivity (Wildman–Crippen MR) is 75.8 cm³/mol. The molecule has 2 aromatic rings. The number of nitrogens with zero attached hydrogens (tertiary/aromatic N) is 1. The normalized spacial score (nSPS) is 10.8. The summed E-state index contributed by atoms with van der Waals surface area (Å²) in [6.45, 7) is 7.42. The molecule has 1 heterocycles. The molecule has 0 fully saturated rings. The zero-order valence-corrected chi connectivity index (χ0v) is 11.3. The van der Waals surface area contributed by atoms with Gasteiger partial charge in [-0.1, -0.05) is 38.1 Å². The van der Waals surface area contributed by atoms with Gasteiger partial charge in [-0.15, -0.1) is 11.3 Å². The van der Waals surface area contributed by atoms with Crippen molar-refractivity contribution in [2.24, 2.45) is 0 Å². The molecule has 2 nitrogen and oxygen atoms in total. The van der Waals surface area contributed by atoms with E-state index in [1.54, 1.807) is 11.3 Å². The van der Waals surface area contributed by atoms with Crippen molar-refractivity contribution >= 4 is 16.5 Å². The van der Waals surface area contributed by atoms with E-state index in [2.05, 4.69) is 60.7 Å². The summed E-state index contributed by atoms with van der Waals surface area (Å²) in [5.74, 6) is 0.580. The lowest BCUT2D eigenvalue weighted by molar-refractivity contribution is 0.867. The van der Waals surface area contributed by atoms with Crippen molar-refractivity contribution in [2.45, 2.75) is 26.7 Å². The summed E-state index contributed by atoms with van der Waals surface area (Å²) in [6, 6.07) is 8.68. The molecule has 0 spiro atoms. The summed E-state index contributed by atoms with van der Waals surface area (Å²) in [5.41, 5.74) is 3.62. The van der Waals surface area contributed by atoms with E-state index in [0.29, 0.717) is 5.92 Å². The summed E-state index contributed by atoms with van der Waals surface area (Å²) < 4.78 is 0. The predicted octanol–water partition coefficient (Wildman–Crippen LogP) is 4.37. The standard InChI is InChI=1S/C14H18N2S/c1-4-15-14-16-13(9-17-14)12-7-5-11(6-8-12)10(2)3/h5-10H,4H2,1-3H3,(H,15,16). The van der Waals surface area contributed by atoms with Gasteiger partial charge in [-0.05, 0) is 18.4 Å². The minimum Gasteiger partial charge on any atom is -0.362 e. The Kier molecular flexibility index (Phi) is 3.79. The van der Waals surface area contributed by atoms with Crippen molar-refractivity contribution in [3.05, 3.63) is 35.2 Å². The summed E-state index contributed by atoms with van der Waals surface area (Å²) in [4.78, 5) is 4.55. The van der Waals surface area contributed by atoms with Crippen LogP contribution in [0.5, 0.6) is 0 Å². The quantitative estimate of drug-likeness (QED) is 0.866. The Bertz CT molecular complexity index is 471. The lowest BCUT2D eigenvalue weighted by atomic mass is 10.0. The van der Waals surface area contributed by atoms with E-state index in [4.69, 9.17) is 0 Å². The van der Waals surface area contributed by atoms with Gasteiger partial charge < -0.3 is 5.32 Å². The van der Waals surface area contributed by atoms with Gasteiger partial charge in [0.25, 0.3) is 0 Å². The topological polar surface area (TPSA) is 24.9 Å². The molecule has 0 bridgehead atoms. The number of thiazole rings is 1. The summed E-state index contributed by atoms with van der Waals surface area (Å²) >= 11 is 1.66. The Hall–Kier alpha value is -1.35. The lowest BCUT2D eigenvalue weighted by Crippen LogP contribution is -1.95. The highest BCUT2D eigenvalue weighted by Crippen LogP contribution is 2.26. The van der Waals surface area contributed by atoms with Gasteiger partial charge in [0.05, 0.1) is 5.69 Å². The first kappa shape index (κ1) is 12.1.